The molecule has 5 nitrogen and oxygen atoms in total. The highest BCUT2D eigenvalue weighted by atomic mass is 32.2. The molecule has 1 saturated heterocycles. The molecule has 138 valence electrons. The average Bonchev–Trinajstić information content (AvgIpc) is 3.17. The number of rotatable bonds is 4. The van der Waals surface area contributed by atoms with Gasteiger partial charge in [-0.2, -0.15) is 5.10 Å². The van der Waals surface area contributed by atoms with Gasteiger partial charge in [-0.3, -0.25) is 14.7 Å². The molecule has 1 aliphatic heterocycles. The number of benzene rings is 2. The van der Waals surface area contributed by atoms with Crippen molar-refractivity contribution in [2.75, 3.05) is 19.3 Å². The van der Waals surface area contributed by atoms with Crippen LogP contribution in [0.2, 0.25) is 0 Å². The third-order valence-electron chi connectivity index (χ3n) is 5.13. The number of ketones is 1. The number of thioether (sulfide) groups is 1. The normalized spacial score (nSPS) is 17.2. The third-order valence-corrected chi connectivity index (χ3v) is 5.87. The van der Waals surface area contributed by atoms with Crippen molar-refractivity contribution in [1.29, 1.82) is 0 Å². The first-order valence-electron chi connectivity index (χ1n) is 9.08. The van der Waals surface area contributed by atoms with Crippen LogP contribution in [0.1, 0.15) is 33.7 Å². The van der Waals surface area contributed by atoms with Crippen LogP contribution in [-0.4, -0.2) is 46.1 Å². The van der Waals surface area contributed by atoms with E-state index in [2.05, 4.69) is 10.2 Å². The number of hydrogen-bond donors (Lipinski definition) is 1. The van der Waals surface area contributed by atoms with Gasteiger partial charge in [0, 0.05) is 34.9 Å². The minimum Gasteiger partial charge on any atom is -0.336 e. The molecule has 0 saturated carbocycles. The van der Waals surface area contributed by atoms with E-state index in [-0.39, 0.29) is 17.6 Å². The van der Waals surface area contributed by atoms with E-state index >= 15 is 0 Å². The Morgan fingerprint density at radius 2 is 1.93 bits per heavy atom. The van der Waals surface area contributed by atoms with Crippen LogP contribution >= 0.6 is 11.8 Å². The third kappa shape index (κ3) is 3.49. The van der Waals surface area contributed by atoms with Gasteiger partial charge in [0.05, 0.1) is 5.52 Å². The van der Waals surface area contributed by atoms with Crippen LogP contribution in [0.5, 0.6) is 0 Å². The molecule has 1 amide bonds. The summed E-state index contributed by atoms with van der Waals surface area (Å²) in [5, 5.41) is 7.95. The highest BCUT2D eigenvalue weighted by Gasteiger charge is 2.31. The number of nitrogens with one attached hydrogen (secondary N) is 1. The number of likely N-dealkylation sites (tertiary alicyclic amines) is 1. The van der Waals surface area contributed by atoms with E-state index in [1.807, 2.05) is 54.8 Å². The quantitative estimate of drug-likeness (QED) is 0.549. The van der Waals surface area contributed by atoms with Crippen molar-refractivity contribution < 1.29 is 9.59 Å². The summed E-state index contributed by atoms with van der Waals surface area (Å²) in [6, 6.07) is 15.3. The van der Waals surface area contributed by atoms with Gasteiger partial charge in [-0.15, -0.1) is 11.8 Å². The fourth-order valence-corrected chi connectivity index (χ4v) is 4.05. The predicted octanol–water partition coefficient (Wildman–Crippen LogP) is 4.02. The van der Waals surface area contributed by atoms with Crippen molar-refractivity contribution in [3.63, 3.8) is 0 Å². The number of aromatic nitrogens is 2. The number of aromatic amines is 1. The smallest absolute Gasteiger partial charge is 0.275 e. The Morgan fingerprint density at radius 3 is 2.70 bits per heavy atom. The zero-order valence-electron chi connectivity index (χ0n) is 15.1. The Morgan fingerprint density at radius 1 is 1.15 bits per heavy atom. The van der Waals surface area contributed by atoms with Gasteiger partial charge < -0.3 is 4.90 Å². The molecule has 0 aliphatic carbocycles. The molecule has 1 aliphatic rings. The minimum atomic E-state index is -0.159. The van der Waals surface area contributed by atoms with Crippen molar-refractivity contribution >= 4 is 34.4 Å². The second kappa shape index (κ2) is 7.56. The fourth-order valence-electron chi connectivity index (χ4n) is 3.64. The summed E-state index contributed by atoms with van der Waals surface area (Å²) < 4.78 is 0. The zero-order chi connectivity index (χ0) is 18.8. The van der Waals surface area contributed by atoms with Crippen LogP contribution in [0, 0.1) is 5.92 Å². The standard InChI is InChI=1S/C21H21N3O2S/c1-27-16-10-8-14(9-11-16)20(25)15-5-4-12-24(13-15)21(26)19-17-6-2-3-7-18(17)22-23-19/h2-3,6-11,15H,4-5,12-13H2,1H3,(H,22,23)/t15-/m0/s1. The van der Waals surface area contributed by atoms with E-state index in [4.69, 9.17) is 0 Å². The largest absolute Gasteiger partial charge is 0.336 e. The van der Waals surface area contributed by atoms with Crippen molar-refractivity contribution in [2.45, 2.75) is 17.7 Å². The molecule has 0 radical (unpaired) electrons. The van der Waals surface area contributed by atoms with Gasteiger partial charge in [0.2, 0.25) is 0 Å². The van der Waals surface area contributed by atoms with E-state index in [9.17, 15) is 9.59 Å². The number of fused-ring (bicyclic) bond motifs is 1. The lowest BCUT2D eigenvalue weighted by Crippen LogP contribution is -2.42. The van der Waals surface area contributed by atoms with Gasteiger partial charge in [0.15, 0.2) is 11.5 Å². The lowest BCUT2D eigenvalue weighted by atomic mass is 9.90. The molecule has 1 atom stereocenters. The van der Waals surface area contributed by atoms with Crippen molar-refractivity contribution in [2.24, 2.45) is 5.92 Å². The lowest BCUT2D eigenvalue weighted by Gasteiger charge is -2.31. The summed E-state index contributed by atoms with van der Waals surface area (Å²) in [5.74, 6) is -0.150. The molecule has 3 aromatic rings. The van der Waals surface area contributed by atoms with E-state index < -0.39 is 0 Å². The maximum absolute atomic E-state index is 13.0. The summed E-state index contributed by atoms with van der Waals surface area (Å²) in [4.78, 5) is 28.8. The highest BCUT2D eigenvalue weighted by Crippen LogP contribution is 2.25. The lowest BCUT2D eigenvalue weighted by molar-refractivity contribution is 0.0633. The SMILES string of the molecule is CSc1ccc(C(=O)[C@H]2CCCN(C(=O)c3n[nH]c4ccccc34)C2)cc1. The van der Waals surface area contributed by atoms with Gasteiger partial charge in [-0.25, -0.2) is 0 Å². The first kappa shape index (κ1) is 17.8. The molecular formula is C21H21N3O2S. The maximum Gasteiger partial charge on any atom is 0.275 e. The number of H-pyrrole nitrogens is 1. The Hall–Kier alpha value is -2.60. The van der Waals surface area contributed by atoms with Crippen LogP contribution in [-0.2, 0) is 0 Å². The van der Waals surface area contributed by atoms with Crippen LogP contribution < -0.4 is 0 Å². The van der Waals surface area contributed by atoms with E-state index in [1.54, 1.807) is 16.7 Å². The van der Waals surface area contributed by atoms with Gasteiger partial charge in [-0.05, 0) is 37.3 Å². The van der Waals surface area contributed by atoms with Crippen molar-refractivity contribution in [1.82, 2.24) is 15.1 Å². The summed E-state index contributed by atoms with van der Waals surface area (Å²) in [5.41, 5.74) is 2.00. The van der Waals surface area contributed by atoms with Gasteiger partial charge in [-0.1, -0.05) is 30.3 Å². The molecule has 0 spiro atoms. The van der Waals surface area contributed by atoms with E-state index in [1.165, 1.54) is 0 Å². The molecule has 27 heavy (non-hydrogen) atoms. The summed E-state index contributed by atoms with van der Waals surface area (Å²) in [7, 11) is 0. The van der Waals surface area contributed by atoms with Gasteiger partial charge >= 0.3 is 0 Å². The van der Waals surface area contributed by atoms with Crippen LogP contribution in [0.4, 0.5) is 0 Å². The predicted molar refractivity (Wildman–Crippen MR) is 107 cm³/mol. The number of para-hydroxylation sites is 1. The summed E-state index contributed by atoms with van der Waals surface area (Å²) in [6.07, 6.45) is 3.65. The first-order chi connectivity index (χ1) is 13.2. The molecular weight excluding hydrogens is 358 g/mol. The minimum absolute atomic E-state index is 0.109. The van der Waals surface area contributed by atoms with Crippen LogP contribution in [0.3, 0.4) is 0 Å². The highest BCUT2D eigenvalue weighted by molar-refractivity contribution is 7.98. The Bertz CT molecular complexity index is 981. The molecule has 2 heterocycles. The van der Waals surface area contributed by atoms with Crippen LogP contribution in [0.15, 0.2) is 53.4 Å². The molecule has 6 heteroatoms. The number of hydrogen-bond acceptors (Lipinski definition) is 4. The number of piperidine rings is 1. The Balaban J connectivity index is 1.52. The van der Waals surface area contributed by atoms with Crippen molar-refractivity contribution in [3.8, 4) is 0 Å². The Kier molecular flexibility index (Phi) is 4.99. The monoisotopic (exact) mass is 379 g/mol. The molecule has 1 fully saturated rings. The van der Waals surface area contributed by atoms with E-state index in [0.717, 1.165) is 34.2 Å². The van der Waals surface area contributed by atoms with Gasteiger partial charge in [0.25, 0.3) is 5.91 Å². The molecule has 4 rings (SSSR count). The topological polar surface area (TPSA) is 66.1 Å². The van der Waals surface area contributed by atoms with Crippen molar-refractivity contribution in [3.05, 3.63) is 59.8 Å². The number of carbonyl (C=O) groups excluding carboxylic acids is 2. The van der Waals surface area contributed by atoms with E-state index in [0.29, 0.717) is 18.8 Å². The van der Waals surface area contributed by atoms with Gasteiger partial charge in [0.1, 0.15) is 0 Å². The summed E-state index contributed by atoms with van der Waals surface area (Å²) >= 11 is 1.65. The number of Topliss-reactive ketones (excluding diaryl/α,β-unsaturated/α-hetero) is 1. The number of carbonyl (C=O) groups is 2. The van der Waals surface area contributed by atoms with Crippen LogP contribution in [0.25, 0.3) is 10.9 Å². The molecule has 2 aromatic carbocycles. The second-order valence-electron chi connectivity index (χ2n) is 6.80. The Labute approximate surface area is 162 Å². The summed E-state index contributed by atoms with van der Waals surface area (Å²) in [6.45, 7) is 1.11. The molecule has 0 bridgehead atoms. The fraction of sp³-hybridized carbons (Fsp3) is 0.286. The number of amides is 1. The molecule has 0 unspecified atom stereocenters. The second-order valence-corrected chi connectivity index (χ2v) is 7.68. The zero-order valence-corrected chi connectivity index (χ0v) is 16.0. The number of nitrogens with zero attached hydrogens (tertiary/aromatic N) is 2. The maximum atomic E-state index is 13.0. The average molecular weight is 379 g/mol. The first-order valence-corrected chi connectivity index (χ1v) is 10.3. The molecule has 1 N–H and O–H groups in total. The molecule has 1 aromatic heterocycles.